The Labute approximate surface area is 68.6 Å². The van der Waals surface area contributed by atoms with Gasteiger partial charge in [-0.25, -0.2) is 4.79 Å². The number of hydrogen-bond acceptors (Lipinski definition) is 2. The number of carboxylic acids is 1. The van der Waals surface area contributed by atoms with Crippen molar-refractivity contribution in [3.63, 3.8) is 0 Å². The number of carboxylic acid groups (broad SMARTS) is 1. The fraction of sp³-hybridized carbons (Fsp3) is 0.143. The summed E-state index contributed by atoms with van der Waals surface area (Å²) < 4.78 is 0. The van der Waals surface area contributed by atoms with Crippen molar-refractivity contribution < 1.29 is 9.90 Å². The summed E-state index contributed by atoms with van der Waals surface area (Å²) in [4.78, 5) is 14.1. The number of hydrogen-bond donors (Lipinski definition) is 1. The minimum atomic E-state index is -0.982. The van der Waals surface area contributed by atoms with Crippen LogP contribution in [0.4, 0.5) is 0 Å². The summed E-state index contributed by atoms with van der Waals surface area (Å²) in [5.41, 5.74) is 0.884. The van der Waals surface area contributed by atoms with Crippen molar-refractivity contribution in [1.82, 2.24) is 4.98 Å². The molecule has 11 heavy (non-hydrogen) atoms. The Kier molecular flexibility index (Phi) is 2.44. The molecule has 0 atom stereocenters. The van der Waals surface area contributed by atoms with Gasteiger partial charge in [0, 0.05) is 18.3 Å². The van der Waals surface area contributed by atoms with Gasteiger partial charge < -0.3 is 5.11 Å². The quantitative estimate of drug-likeness (QED) is 0.687. The third-order valence-electron chi connectivity index (χ3n) is 1.20. The highest BCUT2D eigenvalue weighted by atomic mass is 35.5. The predicted octanol–water partition coefficient (Wildman–Crippen LogP) is 1.52. The highest BCUT2D eigenvalue weighted by Crippen LogP contribution is 2.04. The lowest BCUT2D eigenvalue weighted by Crippen LogP contribution is -1.97. The Morgan fingerprint density at radius 3 is 2.91 bits per heavy atom. The molecule has 0 radical (unpaired) electrons. The lowest BCUT2D eigenvalue weighted by molar-refractivity contribution is 0.0696. The normalized spacial score (nSPS) is 9.55. The third-order valence-corrected chi connectivity index (χ3v) is 1.50. The first kappa shape index (κ1) is 8.01. The Morgan fingerprint density at radius 2 is 2.36 bits per heavy atom. The molecule has 1 aromatic rings. The van der Waals surface area contributed by atoms with Crippen LogP contribution < -0.4 is 0 Å². The number of nitrogens with zero attached hydrogens (tertiary/aromatic N) is 1. The van der Waals surface area contributed by atoms with E-state index in [2.05, 4.69) is 4.98 Å². The first-order chi connectivity index (χ1) is 5.24. The number of aromatic carboxylic acids is 1. The first-order valence-corrected chi connectivity index (χ1v) is 3.50. The topological polar surface area (TPSA) is 50.2 Å². The van der Waals surface area contributed by atoms with E-state index in [1.165, 1.54) is 12.3 Å². The Bertz CT molecular complexity index is 275. The van der Waals surface area contributed by atoms with E-state index >= 15 is 0 Å². The molecule has 3 nitrogen and oxygen atoms in total. The molecular formula is C7H6ClNO2. The van der Waals surface area contributed by atoms with Crippen LogP contribution in [0.1, 0.15) is 15.9 Å². The molecule has 0 bridgehead atoms. The molecule has 58 valence electrons. The number of alkyl halides is 1. The predicted molar refractivity (Wildman–Crippen MR) is 40.8 cm³/mol. The second-order valence-corrected chi connectivity index (χ2v) is 2.29. The Balaban J connectivity index is 3.01. The van der Waals surface area contributed by atoms with Gasteiger partial charge in [0.25, 0.3) is 0 Å². The van der Waals surface area contributed by atoms with E-state index in [-0.39, 0.29) is 11.4 Å². The zero-order chi connectivity index (χ0) is 8.27. The van der Waals surface area contributed by atoms with Crippen molar-refractivity contribution in [3.8, 4) is 0 Å². The molecule has 0 aromatic carbocycles. The zero-order valence-electron chi connectivity index (χ0n) is 5.62. The molecule has 0 aliphatic carbocycles. The van der Waals surface area contributed by atoms with Gasteiger partial charge in [-0.05, 0) is 11.6 Å². The van der Waals surface area contributed by atoms with Gasteiger partial charge >= 0.3 is 5.97 Å². The SMILES string of the molecule is O=C(O)c1cncc(CCl)c1. The zero-order valence-corrected chi connectivity index (χ0v) is 6.38. The summed E-state index contributed by atoms with van der Waals surface area (Å²) in [7, 11) is 0. The highest BCUT2D eigenvalue weighted by Gasteiger charge is 2.02. The van der Waals surface area contributed by atoms with Crippen LogP contribution in [0.3, 0.4) is 0 Å². The first-order valence-electron chi connectivity index (χ1n) is 2.97. The minimum absolute atomic E-state index is 0.170. The van der Waals surface area contributed by atoms with Crippen molar-refractivity contribution in [3.05, 3.63) is 29.6 Å². The summed E-state index contributed by atoms with van der Waals surface area (Å²) in [5, 5.41) is 8.52. The summed E-state index contributed by atoms with van der Waals surface area (Å²) in [6, 6.07) is 1.50. The van der Waals surface area contributed by atoms with E-state index in [1.807, 2.05) is 0 Å². The molecule has 0 saturated heterocycles. The van der Waals surface area contributed by atoms with Gasteiger partial charge in [0.1, 0.15) is 0 Å². The van der Waals surface area contributed by atoms with Crippen LogP contribution in [0, 0.1) is 0 Å². The molecule has 0 aliphatic rings. The smallest absolute Gasteiger partial charge is 0.337 e. The van der Waals surface area contributed by atoms with Crippen molar-refractivity contribution in [2.24, 2.45) is 0 Å². The Morgan fingerprint density at radius 1 is 1.64 bits per heavy atom. The highest BCUT2D eigenvalue weighted by molar-refractivity contribution is 6.17. The van der Waals surface area contributed by atoms with Crippen LogP contribution >= 0.6 is 11.6 Å². The number of carbonyl (C=O) groups is 1. The summed E-state index contributed by atoms with van der Waals surface area (Å²) in [5.74, 6) is -0.696. The second kappa shape index (κ2) is 3.34. The monoisotopic (exact) mass is 171 g/mol. The van der Waals surface area contributed by atoms with Gasteiger partial charge in [0.2, 0.25) is 0 Å². The molecule has 0 amide bonds. The van der Waals surface area contributed by atoms with Crippen LogP contribution in [0.25, 0.3) is 0 Å². The minimum Gasteiger partial charge on any atom is -0.478 e. The lowest BCUT2D eigenvalue weighted by Gasteiger charge is -1.95. The largest absolute Gasteiger partial charge is 0.478 e. The molecule has 1 N–H and O–H groups in total. The summed E-state index contributed by atoms with van der Waals surface area (Å²) in [6.45, 7) is 0. The van der Waals surface area contributed by atoms with Gasteiger partial charge in [-0.1, -0.05) is 0 Å². The van der Waals surface area contributed by atoms with Crippen molar-refractivity contribution in [2.75, 3.05) is 0 Å². The molecule has 0 aliphatic heterocycles. The maximum Gasteiger partial charge on any atom is 0.337 e. The summed E-state index contributed by atoms with van der Waals surface area (Å²) in [6.07, 6.45) is 2.83. The fourth-order valence-electron chi connectivity index (χ4n) is 0.678. The van der Waals surface area contributed by atoms with E-state index in [1.54, 1.807) is 6.20 Å². The molecule has 0 fully saturated rings. The van der Waals surface area contributed by atoms with Gasteiger partial charge in [-0.2, -0.15) is 0 Å². The van der Waals surface area contributed by atoms with Gasteiger partial charge in [-0.3, -0.25) is 4.98 Å². The molecule has 0 unspecified atom stereocenters. The van der Waals surface area contributed by atoms with Gasteiger partial charge in [0.15, 0.2) is 0 Å². The molecule has 4 heteroatoms. The second-order valence-electron chi connectivity index (χ2n) is 2.02. The van der Waals surface area contributed by atoms with Crippen LogP contribution in [-0.2, 0) is 5.88 Å². The number of rotatable bonds is 2. The van der Waals surface area contributed by atoms with E-state index < -0.39 is 5.97 Å². The van der Waals surface area contributed by atoms with Crippen LogP contribution in [0.5, 0.6) is 0 Å². The molecular weight excluding hydrogens is 166 g/mol. The fourth-order valence-corrected chi connectivity index (χ4v) is 0.824. The van der Waals surface area contributed by atoms with Crippen molar-refractivity contribution in [1.29, 1.82) is 0 Å². The maximum atomic E-state index is 10.4. The third kappa shape index (κ3) is 1.91. The van der Waals surface area contributed by atoms with E-state index in [0.29, 0.717) is 5.56 Å². The summed E-state index contributed by atoms with van der Waals surface area (Å²) >= 11 is 5.47. The lowest BCUT2D eigenvalue weighted by atomic mass is 10.2. The molecule has 1 rings (SSSR count). The number of pyridine rings is 1. The average molecular weight is 172 g/mol. The molecule has 1 aromatic heterocycles. The van der Waals surface area contributed by atoms with Crippen molar-refractivity contribution >= 4 is 17.6 Å². The maximum absolute atomic E-state index is 10.4. The van der Waals surface area contributed by atoms with E-state index in [4.69, 9.17) is 16.7 Å². The molecule has 1 heterocycles. The standard InChI is InChI=1S/C7H6ClNO2/c8-2-5-1-6(7(10)11)4-9-3-5/h1,3-4H,2H2,(H,10,11). The molecule has 0 spiro atoms. The van der Waals surface area contributed by atoms with E-state index in [9.17, 15) is 4.79 Å². The van der Waals surface area contributed by atoms with Crippen LogP contribution in [0.15, 0.2) is 18.5 Å². The van der Waals surface area contributed by atoms with Crippen molar-refractivity contribution in [2.45, 2.75) is 5.88 Å². The van der Waals surface area contributed by atoms with Gasteiger partial charge in [0.05, 0.1) is 5.56 Å². The number of halogens is 1. The van der Waals surface area contributed by atoms with Crippen LogP contribution in [0.2, 0.25) is 0 Å². The average Bonchev–Trinajstić information content (AvgIpc) is 2.05. The molecule has 0 saturated carbocycles. The number of aromatic nitrogens is 1. The Hall–Kier alpha value is -1.09. The van der Waals surface area contributed by atoms with E-state index in [0.717, 1.165) is 0 Å². The van der Waals surface area contributed by atoms with Crippen LogP contribution in [-0.4, -0.2) is 16.1 Å². The van der Waals surface area contributed by atoms with Gasteiger partial charge in [-0.15, -0.1) is 11.6 Å².